The van der Waals surface area contributed by atoms with Crippen LogP contribution in [0.4, 0.5) is 11.4 Å². The minimum absolute atomic E-state index is 0.853. The number of methoxy groups -OCH3 is 2. The van der Waals surface area contributed by atoms with Crippen molar-refractivity contribution in [2.75, 3.05) is 19.1 Å². The first-order chi connectivity index (χ1) is 23.2. The molecule has 0 aromatic heterocycles. The Kier molecular flexibility index (Phi) is 10.1. The van der Waals surface area contributed by atoms with Crippen molar-refractivity contribution in [2.45, 2.75) is 0 Å². The van der Waals surface area contributed by atoms with Crippen LogP contribution in [0.5, 0.6) is 11.5 Å². The topological polar surface area (TPSA) is 21.7 Å². The first kappa shape index (κ1) is 30.9. The van der Waals surface area contributed by atoms with Crippen LogP contribution < -0.4 is 14.4 Å². The Morgan fingerprint density at radius 3 is 1.04 bits per heavy atom. The highest BCUT2D eigenvalue weighted by Crippen LogP contribution is 2.32. The highest BCUT2D eigenvalue weighted by atomic mass is 16.5. The average molecular weight is 612 g/mol. The number of anilines is 2. The fourth-order valence-electron chi connectivity index (χ4n) is 5.29. The van der Waals surface area contributed by atoms with Crippen LogP contribution in [0.3, 0.4) is 0 Å². The molecule has 3 nitrogen and oxygen atoms in total. The van der Waals surface area contributed by atoms with E-state index in [1.54, 1.807) is 14.2 Å². The maximum absolute atomic E-state index is 5.29. The molecule has 3 heteroatoms. The van der Waals surface area contributed by atoms with Crippen molar-refractivity contribution in [3.63, 3.8) is 0 Å². The predicted octanol–water partition coefficient (Wildman–Crippen LogP) is 11.3. The van der Waals surface area contributed by atoms with Gasteiger partial charge in [0.1, 0.15) is 11.5 Å². The second-order valence-corrected chi connectivity index (χ2v) is 11.0. The van der Waals surface area contributed by atoms with Crippen molar-refractivity contribution >= 4 is 41.3 Å². The Morgan fingerprint density at radius 2 is 0.723 bits per heavy atom. The smallest absolute Gasteiger partial charge is 0.118 e. The number of hydrogen-bond donors (Lipinski definition) is 0. The third kappa shape index (κ3) is 8.16. The second kappa shape index (κ2) is 15.3. The Bertz CT molecular complexity index is 1800. The summed E-state index contributed by atoms with van der Waals surface area (Å²) in [5, 5.41) is 0. The highest BCUT2D eigenvalue weighted by molar-refractivity contribution is 5.84. The molecule has 0 unspecified atom stereocenters. The number of benzene rings is 6. The minimum atomic E-state index is 0.853. The van der Waals surface area contributed by atoms with Gasteiger partial charge in [-0.15, -0.1) is 0 Å². The largest absolute Gasteiger partial charge is 0.497 e. The zero-order chi connectivity index (χ0) is 32.3. The highest BCUT2D eigenvalue weighted by Gasteiger charge is 2.12. The van der Waals surface area contributed by atoms with E-state index in [0.29, 0.717) is 0 Å². The fourth-order valence-corrected chi connectivity index (χ4v) is 5.29. The molecule has 47 heavy (non-hydrogen) atoms. The predicted molar refractivity (Wildman–Crippen MR) is 199 cm³/mol. The molecule has 230 valence electrons. The number of rotatable bonds is 11. The third-order valence-corrected chi connectivity index (χ3v) is 7.94. The van der Waals surface area contributed by atoms with E-state index in [0.717, 1.165) is 61.8 Å². The fraction of sp³-hybridized carbons (Fsp3) is 0.0455. The van der Waals surface area contributed by atoms with Crippen LogP contribution in [0.15, 0.2) is 164 Å². The van der Waals surface area contributed by atoms with Crippen LogP contribution in [0.2, 0.25) is 0 Å². The number of hydrogen-bond acceptors (Lipinski definition) is 3. The summed E-state index contributed by atoms with van der Waals surface area (Å²) in [5.74, 6) is 1.71. The lowest BCUT2D eigenvalue weighted by atomic mass is 9.98. The van der Waals surface area contributed by atoms with Gasteiger partial charge in [-0.1, -0.05) is 133 Å². The van der Waals surface area contributed by atoms with Gasteiger partial charge >= 0.3 is 0 Å². The summed E-state index contributed by atoms with van der Waals surface area (Å²) in [5.41, 5.74) is 10.1. The van der Waals surface area contributed by atoms with Crippen molar-refractivity contribution < 1.29 is 9.47 Å². The summed E-state index contributed by atoms with van der Waals surface area (Å²) in [6.45, 7) is 0. The van der Waals surface area contributed by atoms with Gasteiger partial charge in [-0.25, -0.2) is 0 Å². The Labute approximate surface area is 278 Å². The molecule has 0 saturated heterocycles. The molecule has 6 aromatic rings. The normalized spacial score (nSPS) is 11.0. The van der Waals surface area contributed by atoms with E-state index in [9.17, 15) is 0 Å². The van der Waals surface area contributed by atoms with Gasteiger partial charge in [-0.05, 0) is 81.9 Å². The molecule has 0 aliphatic rings. The molecule has 0 bridgehead atoms. The monoisotopic (exact) mass is 611 g/mol. The van der Waals surface area contributed by atoms with Gasteiger partial charge in [0.25, 0.3) is 0 Å². The molecule has 0 saturated carbocycles. The molecule has 0 N–H and O–H groups in total. The summed E-state index contributed by atoms with van der Waals surface area (Å²) in [4.78, 5) is 2.27. The standard InChI is InChI=1S/C44H37NO2/c1-46-42-29-21-36(22-30-42)15-13-34-17-25-40(26-18-34)45(33-44(38-9-5-3-6-10-38)39-11-7-4-8-12-39)41-27-19-35(20-28-41)14-16-37-23-31-43(47-2)32-24-37/h3-33H,1-2H3/b15-13+,16-14+. The molecule has 6 aromatic carbocycles. The molecule has 0 radical (unpaired) electrons. The van der Waals surface area contributed by atoms with Gasteiger partial charge in [-0.3, -0.25) is 0 Å². The summed E-state index contributed by atoms with van der Waals surface area (Å²) in [7, 11) is 3.37. The Balaban J connectivity index is 1.34. The Hall–Kier alpha value is -6.06. The van der Waals surface area contributed by atoms with Gasteiger partial charge in [0.05, 0.1) is 14.2 Å². The number of nitrogens with zero attached hydrogens (tertiary/aromatic N) is 1. The average Bonchev–Trinajstić information content (AvgIpc) is 3.15. The summed E-state index contributed by atoms with van der Waals surface area (Å²) < 4.78 is 10.6. The first-order valence-electron chi connectivity index (χ1n) is 15.6. The van der Waals surface area contributed by atoms with E-state index in [4.69, 9.17) is 9.47 Å². The zero-order valence-corrected chi connectivity index (χ0v) is 26.7. The van der Waals surface area contributed by atoms with Crippen LogP contribution in [0.1, 0.15) is 33.4 Å². The Morgan fingerprint density at radius 1 is 0.404 bits per heavy atom. The molecule has 0 spiro atoms. The second-order valence-electron chi connectivity index (χ2n) is 11.0. The third-order valence-electron chi connectivity index (χ3n) is 7.94. The lowest BCUT2D eigenvalue weighted by Crippen LogP contribution is -2.10. The van der Waals surface area contributed by atoms with Crippen molar-refractivity contribution in [1.82, 2.24) is 0 Å². The van der Waals surface area contributed by atoms with Crippen LogP contribution in [-0.2, 0) is 0 Å². The molecule has 0 aliphatic carbocycles. The molecular formula is C44H37NO2. The quantitative estimate of drug-likeness (QED) is 0.136. The molecule has 0 atom stereocenters. The van der Waals surface area contributed by atoms with Gasteiger partial charge in [0.15, 0.2) is 0 Å². The van der Waals surface area contributed by atoms with Crippen LogP contribution in [0, 0.1) is 0 Å². The molecule has 0 heterocycles. The first-order valence-corrected chi connectivity index (χ1v) is 15.6. The molecule has 0 aliphatic heterocycles. The minimum Gasteiger partial charge on any atom is -0.497 e. The number of ether oxygens (including phenoxy) is 2. The van der Waals surface area contributed by atoms with Crippen molar-refractivity contribution in [3.8, 4) is 11.5 Å². The molecule has 6 rings (SSSR count). The van der Waals surface area contributed by atoms with E-state index in [1.807, 2.05) is 24.3 Å². The maximum Gasteiger partial charge on any atom is 0.118 e. The van der Waals surface area contributed by atoms with Gasteiger partial charge in [0, 0.05) is 23.1 Å². The van der Waals surface area contributed by atoms with Gasteiger partial charge < -0.3 is 14.4 Å². The van der Waals surface area contributed by atoms with Gasteiger partial charge in [-0.2, -0.15) is 0 Å². The van der Waals surface area contributed by atoms with E-state index in [2.05, 4.69) is 169 Å². The zero-order valence-electron chi connectivity index (χ0n) is 26.7. The molecular weight excluding hydrogens is 574 g/mol. The van der Waals surface area contributed by atoms with E-state index < -0.39 is 0 Å². The van der Waals surface area contributed by atoms with Crippen LogP contribution in [-0.4, -0.2) is 14.2 Å². The van der Waals surface area contributed by atoms with E-state index >= 15 is 0 Å². The van der Waals surface area contributed by atoms with E-state index in [1.165, 1.54) is 0 Å². The molecule has 0 fully saturated rings. The lowest BCUT2D eigenvalue weighted by molar-refractivity contribution is 0.414. The van der Waals surface area contributed by atoms with Crippen molar-refractivity contribution in [3.05, 3.63) is 197 Å². The molecule has 0 amide bonds. The van der Waals surface area contributed by atoms with Gasteiger partial charge in [0.2, 0.25) is 0 Å². The maximum atomic E-state index is 5.29. The summed E-state index contributed by atoms with van der Waals surface area (Å²) in [6.07, 6.45) is 10.7. The lowest BCUT2D eigenvalue weighted by Gasteiger charge is -2.24. The van der Waals surface area contributed by atoms with Crippen molar-refractivity contribution in [2.24, 2.45) is 0 Å². The van der Waals surface area contributed by atoms with Crippen molar-refractivity contribution in [1.29, 1.82) is 0 Å². The van der Waals surface area contributed by atoms with E-state index in [-0.39, 0.29) is 0 Å². The van der Waals surface area contributed by atoms with Crippen LogP contribution in [0.25, 0.3) is 29.9 Å². The summed E-state index contributed by atoms with van der Waals surface area (Å²) in [6, 6.07) is 54.6. The summed E-state index contributed by atoms with van der Waals surface area (Å²) >= 11 is 0. The SMILES string of the molecule is COc1ccc(/C=C/c2ccc(N(C=C(c3ccccc3)c3ccccc3)c3ccc(/C=C/c4ccc(OC)cc4)cc3)cc2)cc1. The van der Waals surface area contributed by atoms with Crippen LogP contribution >= 0.6 is 0 Å².